The molecule has 3 heteroatoms. The lowest BCUT2D eigenvalue weighted by molar-refractivity contribution is -0.157. The molecule has 1 aromatic heterocycles. The normalized spacial score (nSPS) is 21.0. The summed E-state index contributed by atoms with van der Waals surface area (Å²) in [7, 11) is 0. The molecule has 1 saturated carbocycles. The van der Waals surface area contributed by atoms with Gasteiger partial charge in [0.25, 0.3) is 0 Å². The van der Waals surface area contributed by atoms with Gasteiger partial charge in [-0.3, -0.25) is 4.79 Å². The molecular weight excluding hydrogens is 286 g/mol. The summed E-state index contributed by atoms with van der Waals surface area (Å²) in [6, 6.07) is 4.40. The summed E-state index contributed by atoms with van der Waals surface area (Å²) in [4.78, 5) is 15.5. The zero-order chi connectivity index (χ0) is 15.8. The van der Waals surface area contributed by atoms with Gasteiger partial charge in [-0.05, 0) is 54.9 Å². The summed E-state index contributed by atoms with van der Waals surface area (Å²) >= 11 is 0. The second-order valence-electron chi connectivity index (χ2n) is 7.12. The number of carbonyl (C=O) groups excluding carboxylic acids is 1. The van der Waals surface area contributed by atoms with E-state index in [4.69, 9.17) is 4.74 Å². The number of hydrogen-bond donors (Lipinski definition) is 1. The van der Waals surface area contributed by atoms with E-state index in [1.165, 1.54) is 34.0 Å². The summed E-state index contributed by atoms with van der Waals surface area (Å²) in [5.41, 5.74) is 5.52. The molecule has 122 valence electrons. The number of carbonyl (C=O) groups is 1. The minimum absolute atomic E-state index is 0.0408. The smallest absolute Gasteiger partial charge is 0.309 e. The molecule has 2 aliphatic rings. The number of ether oxygens (including phenoxy) is 1. The Kier molecular flexibility index (Phi) is 3.88. The van der Waals surface area contributed by atoms with E-state index in [-0.39, 0.29) is 18.0 Å². The van der Waals surface area contributed by atoms with Crippen molar-refractivity contribution >= 4 is 16.9 Å². The van der Waals surface area contributed by atoms with E-state index in [1.807, 2.05) is 0 Å². The van der Waals surface area contributed by atoms with Gasteiger partial charge in [0, 0.05) is 23.5 Å². The number of aromatic amines is 1. The first kappa shape index (κ1) is 14.8. The van der Waals surface area contributed by atoms with Crippen LogP contribution in [0.25, 0.3) is 10.9 Å². The SMILES string of the molecule is CCCc1c[nH]c2ccc3c(c12)CCC(OC(=O)C1CCC1)C3. The maximum absolute atomic E-state index is 12.1. The minimum Gasteiger partial charge on any atom is -0.462 e. The number of aromatic nitrogens is 1. The van der Waals surface area contributed by atoms with Gasteiger partial charge in [0.15, 0.2) is 0 Å². The van der Waals surface area contributed by atoms with Gasteiger partial charge in [0.1, 0.15) is 6.10 Å². The number of H-pyrrole nitrogens is 1. The first-order chi connectivity index (χ1) is 11.3. The van der Waals surface area contributed by atoms with Gasteiger partial charge >= 0.3 is 5.97 Å². The first-order valence-electron chi connectivity index (χ1n) is 9.07. The molecule has 2 aromatic rings. The van der Waals surface area contributed by atoms with E-state index < -0.39 is 0 Å². The third-order valence-electron chi connectivity index (χ3n) is 5.54. The molecule has 1 unspecified atom stereocenters. The predicted octanol–water partition coefficient (Wildman–Crippen LogP) is 4.32. The first-order valence-corrected chi connectivity index (χ1v) is 9.07. The molecule has 0 radical (unpaired) electrons. The number of esters is 1. The van der Waals surface area contributed by atoms with Gasteiger partial charge in [-0.15, -0.1) is 0 Å². The van der Waals surface area contributed by atoms with Gasteiger partial charge in [-0.1, -0.05) is 25.8 Å². The van der Waals surface area contributed by atoms with Gasteiger partial charge < -0.3 is 9.72 Å². The summed E-state index contributed by atoms with van der Waals surface area (Å²) < 4.78 is 5.78. The Morgan fingerprint density at radius 1 is 1.30 bits per heavy atom. The molecule has 0 aliphatic heterocycles. The summed E-state index contributed by atoms with van der Waals surface area (Å²) in [5.74, 6) is 0.221. The number of hydrogen-bond acceptors (Lipinski definition) is 2. The Morgan fingerprint density at radius 3 is 2.91 bits per heavy atom. The molecule has 3 nitrogen and oxygen atoms in total. The van der Waals surface area contributed by atoms with Crippen molar-refractivity contribution in [3.05, 3.63) is 35.0 Å². The van der Waals surface area contributed by atoms with Crippen LogP contribution in [-0.2, 0) is 28.8 Å². The Hall–Kier alpha value is -1.77. The molecule has 4 rings (SSSR count). The fraction of sp³-hybridized carbons (Fsp3) is 0.550. The monoisotopic (exact) mass is 311 g/mol. The van der Waals surface area contributed by atoms with Gasteiger partial charge in [0.05, 0.1) is 5.92 Å². The van der Waals surface area contributed by atoms with Crippen LogP contribution in [0.15, 0.2) is 18.3 Å². The maximum atomic E-state index is 12.1. The highest BCUT2D eigenvalue weighted by Crippen LogP contribution is 2.34. The fourth-order valence-electron chi connectivity index (χ4n) is 4.02. The number of nitrogens with one attached hydrogen (secondary N) is 1. The van der Waals surface area contributed by atoms with Crippen molar-refractivity contribution in [3.8, 4) is 0 Å². The number of benzene rings is 1. The topological polar surface area (TPSA) is 42.1 Å². The quantitative estimate of drug-likeness (QED) is 0.854. The third kappa shape index (κ3) is 2.66. The molecule has 0 amide bonds. The highest BCUT2D eigenvalue weighted by molar-refractivity contribution is 5.88. The van der Waals surface area contributed by atoms with E-state index in [2.05, 4.69) is 30.2 Å². The molecule has 1 fully saturated rings. The molecule has 0 saturated heterocycles. The van der Waals surface area contributed by atoms with E-state index in [9.17, 15) is 4.79 Å². The lowest BCUT2D eigenvalue weighted by Crippen LogP contribution is -2.31. The maximum Gasteiger partial charge on any atom is 0.309 e. The third-order valence-corrected chi connectivity index (χ3v) is 5.54. The van der Waals surface area contributed by atoms with Crippen LogP contribution >= 0.6 is 0 Å². The van der Waals surface area contributed by atoms with Crippen molar-refractivity contribution in [2.75, 3.05) is 0 Å². The van der Waals surface area contributed by atoms with Crippen LogP contribution in [0, 0.1) is 5.92 Å². The average Bonchev–Trinajstić information content (AvgIpc) is 2.89. The van der Waals surface area contributed by atoms with Crippen LogP contribution in [0.1, 0.15) is 55.7 Å². The second kappa shape index (κ2) is 6.03. The van der Waals surface area contributed by atoms with E-state index in [0.29, 0.717) is 0 Å². The number of rotatable bonds is 4. The molecule has 1 atom stereocenters. The minimum atomic E-state index is 0.0408. The van der Waals surface area contributed by atoms with Gasteiger partial charge in [-0.25, -0.2) is 0 Å². The predicted molar refractivity (Wildman–Crippen MR) is 91.5 cm³/mol. The van der Waals surface area contributed by atoms with Crippen molar-refractivity contribution in [2.24, 2.45) is 5.92 Å². The largest absolute Gasteiger partial charge is 0.462 e. The van der Waals surface area contributed by atoms with Crippen molar-refractivity contribution < 1.29 is 9.53 Å². The highest BCUT2D eigenvalue weighted by Gasteiger charge is 2.30. The zero-order valence-electron chi connectivity index (χ0n) is 13.9. The van der Waals surface area contributed by atoms with Gasteiger partial charge in [0.2, 0.25) is 0 Å². The zero-order valence-corrected chi connectivity index (χ0v) is 13.9. The average molecular weight is 311 g/mol. The molecule has 23 heavy (non-hydrogen) atoms. The molecule has 1 heterocycles. The van der Waals surface area contributed by atoms with Crippen LogP contribution in [0.4, 0.5) is 0 Å². The Bertz CT molecular complexity index is 727. The number of fused-ring (bicyclic) bond motifs is 3. The van der Waals surface area contributed by atoms with Crippen molar-refractivity contribution in [2.45, 2.75) is 64.4 Å². The van der Waals surface area contributed by atoms with Crippen LogP contribution in [0.5, 0.6) is 0 Å². The number of aryl methyl sites for hydroxylation is 2. The van der Waals surface area contributed by atoms with E-state index in [0.717, 1.165) is 44.9 Å². The Labute approximate surface area is 137 Å². The van der Waals surface area contributed by atoms with Crippen LogP contribution in [0.2, 0.25) is 0 Å². The van der Waals surface area contributed by atoms with Gasteiger partial charge in [-0.2, -0.15) is 0 Å². The second-order valence-corrected chi connectivity index (χ2v) is 7.12. The molecular formula is C20H25NO2. The van der Waals surface area contributed by atoms with Crippen molar-refractivity contribution in [3.63, 3.8) is 0 Å². The summed E-state index contributed by atoms with van der Waals surface area (Å²) in [6.07, 6.45) is 10.6. The molecule has 0 spiro atoms. The van der Waals surface area contributed by atoms with Crippen LogP contribution in [-0.4, -0.2) is 17.1 Å². The highest BCUT2D eigenvalue weighted by atomic mass is 16.5. The summed E-state index contributed by atoms with van der Waals surface area (Å²) in [5, 5.41) is 1.42. The molecule has 1 N–H and O–H groups in total. The summed E-state index contributed by atoms with van der Waals surface area (Å²) in [6.45, 7) is 2.23. The molecule has 1 aromatic carbocycles. The lowest BCUT2D eigenvalue weighted by Gasteiger charge is -2.29. The van der Waals surface area contributed by atoms with Crippen LogP contribution < -0.4 is 0 Å². The van der Waals surface area contributed by atoms with E-state index in [1.54, 1.807) is 0 Å². The molecule has 0 bridgehead atoms. The Balaban J connectivity index is 1.56. The standard InChI is InChI=1S/C20H25NO2/c1-2-4-15-12-21-18-10-7-14-11-16(8-9-17(14)19(15)18)23-20(22)13-5-3-6-13/h7,10,12-13,16,21H,2-6,8-9,11H2,1H3. The Morgan fingerprint density at radius 2 is 2.17 bits per heavy atom. The van der Waals surface area contributed by atoms with Crippen LogP contribution in [0.3, 0.4) is 0 Å². The van der Waals surface area contributed by atoms with E-state index >= 15 is 0 Å². The van der Waals surface area contributed by atoms with Crippen molar-refractivity contribution in [1.82, 2.24) is 4.98 Å². The van der Waals surface area contributed by atoms with Crippen molar-refractivity contribution in [1.29, 1.82) is 0 Å². The molecule has 2 aliphatic carbocycles. The lowest BCUT2D eigenvalue weighted by atomic mass is 9.84. The fourth-order valence-corrected chi connectivity index (χ4v) is 4.02.